The number of likely N-dealkylation sites (tertiary alicyclic amines) is 1. The van der Waals surface area contributed by atoms with Crippen LogP contribution in [0.25, 0.3) is 11.2 Å². The first-order chi connectivity index (χ1) is 14.0. The van der Waals surface area contributed by atoms with Gasteiger partial charge in [0.25, 0.3) is 0 Å². The van der Waals surface area contributed by atoms with E-state index in [4.69, 9.17) is 4.74 Å². The minimum Gasteiger partial charge on any atom is -0.453 e. The SMILES string of the molecule is COC(=O)N1CCC(Nc2nc3cncnc3n2Cc2ccc(F)cc2)C(C)C1. The highest BCUT2D eigenvalue weighted by Crippen LogP contribution is 2.24. The Kier molecular flexibility index (Phi) is 5.28. The molecule has 3 heterocycles. The number of aromatic nitrogens is 4. The fourth-order valence-electron chi connectivity index (χ4n) is 3.73. The Morgan fingerprint density at radius 2 is 2.14 bits per heavy atom. The highest BCUT2D eigenvalue weighted by Gasteiger charge is 2.30. The molecule has 29 heavy (non-hydrogen) atoms. The summed E-state index contributed by atoms with van der Waals surface area (Å²) in [4.78, 5) is 26.6. The summed E-state index contributed by atoms with van der Waals surface area (Å²) in [5.41, 5.74) is 2.35. The molecular formula is C20H23FN6O2. The van der Waals surface area contributed by atoms with Gasteiger partial charge in [0.05, 0.1) is 19.9 Å². The molecule has 4 rings (SSSR count). The highest BCUT2D eigenvalue weighted by atomic mass is 19.1. The number of halogens is 1. The number of carbonyl (C=O) groups is 1. The molecule has 1 amide bonds. The van der Waals surface area contributed by atoms with Crippen LogP contribution in [-0.4, -0.2) is 56.8 Å². The first kappa shape index (κ1) is 19.1. The highest BCUT2D eigenvalue weighted by molar-refractivity contribution is 5.73. The number of hydrogen-bond acceptors (Lipinski definition) is 6. The summed E-state index contributed by atoms with van der Waals surface area (Å²) in [7, 11) is 1.40. The van der Waals surface area contributed by atoms with Crippen molar-refractivity contribution in [2.24, 2.45) is 5.92 Å². The second-order valence-corrected chi connectivity index (χ2v) is 7.31. The summed E-state index contributed by atoms with van der Waals surface area (Å²) < 4.78 is 20.1. The van der Waals surface area contributed by atoms with E-state index in [-0.39, 0.29) is 23.9 Å². The van der Waals surface area contributed by atoms with E-state index in [1.165, 1.54) is 25.6 Å². The van der Waals surface area contributed by atoms with E-state index in [0.717, 1.165) is 12.0 Å². The van der Waals surface area contributed by atoms with Gasteiger partial charge in [-0.05, 0) is 30.0 Å². The van der Waals surface area contributed by atoms with E-state index in [0.29, 0.717) is 36.7 Å². The quantitative estimate of drug-likeness (QED) is 0.727. The molecule has 3 aromatic rings. The van der Waals surface area contributed by atoms with E-state index in [1.807, 2.05) is 4.57 Å². The maximum Gasteiger partial charge on any atom is 0.409 e. The topological polar surface area (TPSA) is 85.2 Å². The van der Waals surface area contributed by atoms with Gasteiger partial charge in [-0.3, -0.25) is 4.57 Å². The summed E-state index contributed by atoms with van der Waals surface area (Å²) in [5, 5.41) is 3.53. The van der Waals surface area contributed by atoms with Crippen molar-refractivity contribution in [3.63, 3.8) is 0 Å². The monoisotopic (exact) mass is 398 g/mol. The number of amides is 1. The molecule has 9 heteroatoms. The molecule has 1 fully saturated rings. The van der Waals surface area contributed by atoms with Crippen molar-refractivity contribution in [1.29, 1.82) is 0 Å². The van der Waals surface area contributed by atoms with Crippen LogP contribution in [0.15, 0.2) is 36.8 Å². The number of benzene rings is 1. The lowest BCUT2D eigenvalue weighted by Crippen LogP contribution is -2.47. The molecule has 0 bridgehead atoms. The molecule has 1 saturated heterocycles. The van der Waals surface area contributed by atoms with Crippen LogP contribution in [0.4, 0.5) is 15.1 Å². The van der Waals surface area contributed by atoms with Crippen molar-refractivity contribution in [1.82, 2.24) is 24.4 Å². The summed E-state index contributed by atoms with van der Waals surface area (Å²) in [6.45, 7) is 3.83. The average Bonchev–Trinajstić information content (AvgIpc) is 3.07. The molecule has 2 aromatic heterocycles. The van der Waals surface area contributed by atoms with Crippen LogP contribution in [0.5, 0.6) is 0 Å². The Bertz CT molecular complexity index is 1010. The molecule has 1 aliphatic rings. The molecule has 0 radical (unpaired) electrons. The fourth-order valence-corrected chi connectivity index (χ4v) is 3.73. The zero-order valence-electron chi connectivity index (χ0n) is 16.4. The third-order valence-electron chi connectivity index (χ3n) is 5.32. The van der Waals surface area contributed by atoms with Crippen LogP contribution < -0.4 is 5.32 Å². The van der Waals surface area contributed by atoms with E-state index < -0.39 is 0 Å². The van der Waals surface area contributed by atoms with Crippen molar-refractivity contribution >= 4 is 23.2 Å². The minimum absolute atomic E-state index is 0.146. The van der Waals surface area contributed by atoms with Crippen molar-refractivity contribution < 1.29 is 13.9 Å². The minimum atomic E-state index is -0.297. The van der Waals surface area contributed by atoms with Crippen molar-refractivity contribution in [3.8, 4) is 0 Å². The standard InChI is InChI=1S/C20H23FN6O2/c1-13-10-26(20(28)29-2)8-7-16(13)24-19-25-17-9-22-12-23-18(17)27(19)11-14-3-5-15(21)6-4-14/h3-6,9,12-13,16H,7-8,10-11H2,1-2H3,(H,24,25). The van der Waals surface area contributed by atoms with Gasteiger partial charge in [-0.15, -0.1) is 0 Å². The van der Waals surface area contributed by atoms with Gasteiger partial charge in [0.1, 0.15) is 17.7 Å². The molecule has 2 unspecified atom stereocenters. The molecule has 1 N–H and O–H groups in total. The van der Waals surface area contributed by atoms with Crippen molar-refractivity contribution in [2.45, 2.75) is 25.9 Å². The third kappa shape index (κ3) is 3.98. The summed E-state index contributed by atoms with van der Waals surface area (Å²) in [6.07, 6.45) is 3.65. The molecule has 2 atom stereocenters. The zero-order valence-corrected chi connectivity index (χ0v) is 16.4. The van der Waals surface area contributed by atoms with Gasteiger partial charge in [-0.1, -0.05) is 19.1 Å². The van der Waals surface area contributed by atoms with Crippen LogP contribution in [-0.2, 0) is 11.3 Å². The zero-order chi connectivity index (χ0) is 20.4. The number of rotatable bonds is 4. The van der Waals surface area contributed by atoms with E-state index in [1.54, 1.807) is 23.2 Å². The summed E-state index contributed by atoms with van der Waals surface area (Å²) in [5.74, 6) is 0.636. The second-order valence-electron chi connectivity index (χ2n) is 7.31. The van der Waals surface area contributed by atoms with Gasteiger partial charge >= 0.3 is 6.09 Å². The Hall–Kier alpha value is -3.23. The van der Waals surface area contributed by atoms with Crippen LogP contribution >= 0.6 is 0 Å². The molecule has 0 spiro atoms. The Morgan fingerprint density at radius 3 is 2.86 bits per heavy atom. The lowest BCUT2D eigenvalue weighted by molar-refractivity contribution is 0.101. The normalized spacial score (nSPS) is 19.3. The average molecular weight is 398 g/mol. The first-order valence-corrected chi connectivity index (χ1v) is 9.55. The lowest BCUT2D eigenvalue weighted by atomic mass is 9.94. The number of nitrogens with zero attached hydrogens (tertiary/aromatic N) is 5. The van der Waals surface area contributed by atoms with E-state index in [2.05, 4.69) is 27.2 Å². The first-order valence-electron chi connectivity index (χ1n) is 9.55. The molecule has 152 valence electrons. The summed E-state index contributed by atoms with van der Waals surface area (Å²) in [6, 6.07) is 6.54. The van der Waals surface area contributed by atoms with Crippen molar-refractivity contribution in [3.05, 3.63) is 48.2 Å². The van der Waals surface area contributed by atoms with Gasteiger partial charge in [0.2, 0.25) is 5.95 Å². The molecule has 0 aliphatic carbocycles. The van der Waals surface area contributed by atoms with Gasteiger partial charge < -0.3 is 15.0 Å². The smallest absolute Gasteiger partial charge is 0.409 e. The van der Waals surface area contributed by atoms with Crippen LogP contribution in [0.1, 0.15) is 18.9 Å². The number of fused-ring (bicyclic) bond motifs is 1. The van der Waals surface area contributed by atoms with Crippen LogP contribution in [0, 0.1) is 11.7 Å². The Balaban J connectivity index is 1.59. The fraction of sp³-hybridized carbons (Fsp3) is 0.400. The number of anilines is 1. The molecule has 1 aromatic carbocycles. The second kappa shape index (κ2) is 8.02. The van der Waals surface area contributed by atoms with Crippen molar-refractivity contribution in [2.75, 3.05) is 25.5 Å². The number of nitrogens with one attached hydrogen (secondary N) is 1. The van der Waals surface area contributed by atoms with Gasteiger partial charge in [0, 0.05) is 19.1 Å². The number of ether oxygens (including phenoxy) is 1. The predicted octanol–water partition coefficient (Wildman–Crippen LogP) is 2.90. The molecule has 0 saturated carbocycles. The van der Waals surface area contributed by atoms with E-state index in [9.17, 15) is 9.18 Å². The number of methoxy groups -OCH3 is 1. The predicted molar refractivity (Wildman–Crippen MR) is 106 cm³/mol. The number of piperidine rings is 1. The third-order valence-corrected chi connectivity index (χ3v) is 5.32. The molecule has 8 nitrogen and oxygen atoms in total. The number of imidazole rings is 1. The number of hydrogen-bond donors (Lipinski definition) is 1. The maximum absolute atomic E-state index is 13.3. The van der Waals surface area contributed by atoms with Gasteiger partial charge in [-0.2, -0.15) is 0 Å². The lowest BCUT2D eigenvalue weighted by Gasteiger charge is -2.36. The Morgan fingerprint density at radius 1 is 1.34 bits per heavy atom. The van der Waals surface area contributed by atoms with Gasteiger partial charge in [-0.25, -0.2) is 24.1 Å². The van der Waals surface area contributed by atoms with Gasteiger partial charge in [0.15, 0.2) is 5.65 Å². The molecule has 1 aliphatic heterocycles. The summed E-state index contributed by atoms with van der Waals surface area (Å²) >= 11 is 0. The Labute approximate surface area is 167 Å². The molecular weight excluding hydrogens is 375 g/mol. The maximum atomic E-state index is 13.3. The number of carbonyl (C=O) groups excluding carboxylic acids is 1. The van der Waals surface area contributed by atoms with Crippen LogP contribution in [0.2, 0.25) is 0 Å². The largest absolute Gasteiger partial charge is 0.453 e. The van der Waals surface area contributed by atoms with Crippen LogP contribution in [0.3, 0.4) is 0 Å². The van der Waals surface area contributed by atoms with E-state index >= 15 is 0 Å².